The van der Waals surface area contributed by atoms with Gasteiger partial charge in [0.15, 0.2) is 0 Å². The van der Waals surface area contributed by atoms with Crippen molar-refractivity contribution in [1.29, 1.82) is 0 Å². The maximum atomic E-state index is 13.3. The van der Waals surface area contributed by atoms with Gasteiger partial charge in [-0.15, -0.1) is 0 Å². The lowest BCUT2D eigenvalue weighted by Gasteiger charge is -2.38. The van der Waals surface area contributed by atoms with Gasteiger partial charge >= 0.3 is 0 Å². The van der Waals surface area contributed by atoms with Gasteiger partial charge in [0.2, 0.25) is 5.95 Å². The summed E-state index contributed by atoms with van der Waals surface area (Å²) in [6.45, 7) is 2.06. The molecule has 1 aliphatic carbocycles. The van der Waals surface area contributed by atoms with Crippen LogP contribution >= 0.6 is 11.6 Å². The highest BCUT2D eigenvalue weighted by atomic mass is 35.5. The van der Waals surface area contributed by atoms with E-state index in [9.17, 15) is 4.79 Å². The van der Waals surface area contributed by atoms with Crippen molar-refractivity contribution in [1.82, 2.24) is 14.8 Å². The van der Waals surface area contributed by atoms with Crippen LogP contribution in [-0.4, -0.2) is 20.5 Å². The molecule has 1 aromatic heterocycles. The molecule has 5 rings (SSSR count). The van der Waals surface area contributed by atoms with Gasteiger partial charge in [0, 0.05) is 23.1 Å². The number of rotatable bonds is 2. The van der Waals surface area contributed by atoms with Crippen LogP contribution in [0, 0.1) is 12.8 Å². The summed E-state index contributed by atoms with van der Waals surface area (Å²) in [6.07, 6.45) is 4.13. The molecule has 6 heteroatoms. The van der Waals surface area contributed by atoms with Crippen LogP contribution in [0.3, 0.4) is 0 Å². The molecule has 28 heavy (non-hydrogen) atoms. The Morgan fingerprint density at radius 3 is 2.75 bits per heavy atom. The second-order valence-corrected chi connectivity index (χ2v) is 7.88. The molecule has 3 atom stereocenters. The minimum Gasteiger partial charge on any atom is -0.328 e. The topological polar surface area (TPSA) is 59.8 Å². The molecular weight excluding hydrogens is 372 g/mol. The van der Waals surface area contributed by atoms with E-state index in [1.54, 1.807) is 0 Å². The molecule has 0 spiro atoms. The molecule has 0 radical (unpaired) electrons. The molecular formula is C22H19ClN4O. The first-order valence-electron chi connectivity index (χ1n) is 9.33. The number of hydrogen-bond acceptors (Lipinski definition) is 4. The zero-order valence-electron chi connectivity index (χ0n) is 15.3. The number of allylic oxidation sites excluding steroid dienone is 2. The fourth-order valence-corrected chi connectivity index (χ4v) is 4.42. The minimum absolute atomic E-state index is 0.00177. The zero-order valence-corrected chi connectivity index (χ0v) is 16.1. The molecule has 2 aliphatic rings. The number of ketones is 1. The summed E-state index contributed by atoms with van der Waals surface area (Å²) >= 11 is 6.16. The average Bonchev–Trinajstić information content (AvgIpc) is 3.15. The fraction of sp³-hybridized carbons (Fsp3) is 0.227. The fourth-order valence-electron chi connectivity index (χ4n) is 4.22. The quantitative estimate of drug-likeness (QED) is 0.699. The van der Waals surface area contributed by atoms with Crippen LogP contribution in [0.25, 0.3) is 0 Å². The molecule has 0 fully saturated rings. The number of carbonyl (C=O) groups is 1. The Balaban J connectivity index is 1.61. The lowest BCUT2D eigenvalue weighted by molar-refractivity contribution is -0.123. The van der Waals surface area contributed by atoms with Crippen molar-refractivity contribution in [3.63, 3.8) is 0 Å². The lowest BCUT2D eigenvalue weighted by atomic mass is 9.75. The van der Waals surface area contributed by atoms with E-state index in [2.05, 4.69) is 52.7 Å². The smallest absolute Gasteiger partial charge is 0.226 e. The van der Waals surface area contributed by atoms with Crippen LogP contribution in [0.1, 0.15) is 35.1 Å². The number of nitrogens with one attached hydrogen (secondary N) is 1. The van der Waals surface area contributed by atoms with Gasteiger partial charge < -0.3 is 5.32 Å². The average molecular weight is 391 g/mol. The van der Waals surface area contributed by atoms with Gasteiger partial charge in [-0.3, -0.25) is 4.79 Å². The van der Waals surface area contributed by atoms with Gasteiger partial charge in [0.25, 0.3) is 0 Å². The Bertz CT molecular complexity index is 1090. The van der Waals surface area contributed by atoms with Crippen LogP contribution in [0.4, 0.5) is 5.95 Å². The first-order chi connectivity index (χ1) is 13.6. The van der Waals surface area contributed by atoms with Crippen LogP contribution in [-0.2, 0) is 4.79 Å². The summed E-state index contributed by atoms with van der Waals surface area (Å²) in [6, 6.07) is 15.8. The Morgan fingerprint density at radius 2 is 1.96 bits per heavy atom. The number of aromatic nitrogens is 3. The van der Waals surface area contributed by atoms with E-state index in [0.29, 0.717) is 17.4 Å². The highest BCUT2D eigenvalue weighted by molar-refractivity contribution is 6.30. The molecule has 0 unspecified atom stereocenters. The predicted octanol–water partition coefficient (Wildman–Crippen LogP) is 4.51. The standard InChI is InChI=1S/C22H19ClN4O/c1-13-5-7-14(8-6-13)21-20-18(26-22-24-12-25-27(21)22)10-16(11-19(20)28)15-3-2-4-17(23)9-15/h2-10,12,16,20-21H,11H2,1H3,(H,24,25,26)/t16-,20-,21-/m0/s1. The maximum Gasteiger partial charge on any atom is 0.226 e. The largest absolute Gasteiger partial charge is 0.328 e. The highest BCUT2D eigenvalue weighted by Crippen LogP contribution is 2.44. The first-order valence-corrected chi connectivity index (χ1v) is 9.71. The van der Waals surface area contributed by atoms with E-state index >= 15 is 0 Å². The molecule has 1 N–H and O–H groups in total. The molecule has 140 valence electrons. The molecule has 5 nitrogen and oxygen atoms in total. The third kappa shape index (κ3) is 2.83. The van der Waals surface area contributed by atoms with E-state index in [4.69, 9.17) is 11.6 Å². The van der Waals surface area contributed by atoms with Crippen molar-refractivity contribution in [3.8, 4) is 0 Å². The van der Waals surface area contributed by atoms with Gasteiger partial charge in [0.1, 0.15) is 12.1 Å². The van der Waals surface area contributed by atoms with Gasteiger partial charge in [-0.1, -0.05) is 59.6 Å². The summed E-state index contributed by atoms with van der Waals surface area (Å²) in [4.78, 5) is 17.6. The number of nitrogens with zero attached hydrogens (tertiary/aromatic N) is 3. The second-order valence-electron chi connectivity index (χ2n) is 7.44. The number of benzene rings is 2. The van der Waals surface area contributed by atoms with Crippen LogP contribution in [0.15, 0.2) is 66.6 Å². The van der Waals surface area contributed by atoms with Gasteiger partial charge in [-0.25, -0.2) is 4.68 Å². The SMILES string of the molecule is Cc1ccc([C@H]2[C@@H]3C(=O)C[C@@H](c4cccc(Cl)c4)C=C3Nc3ncnn32)cc1. The Labute approximate surface area is 168 Å². The molecule has 0 amide bonds. The number of anilines is 1. The number of Topliss-reactive ketones (excluding diaryl/α,β-unsaturated/α-hetero) is 1. The third-order valence-electron chi connectivity index (χ3n) is 5.59. The van der Waals surface area contributed by atoms with Crippen LogP contribution in [0.5, 0.6) is 0 Å². The van der Waals surface area contributed by atoms with Crippen molar-refractivity contribution in [2.45, 2.75) is 25.3 Å². The van der Waals surface area contributed by atoms with E-state index in [1.807, 2.05) is 28.9 Å². The van der Waals surface area contributed by atoms with Crippen LogP contribution < -0.4 is 5.32 Å². The van der Waals surface area contributed by atoms with E-state index in [0.717, 1.165) is 16.8 Å². The summed E-state index contributed by atoms with van der Waals surface area (Å²) in [5.74, 6) is 0.555. The summed E-state index contributed by atoms with van der Waals surface area (Å²) < 4.78 is 1.82. The number of carbonyl (C=O) groups excluding carboxylic acids is 1. The van der Waals surface area contributed by atoms with Gasteiger partial charge in [0.05, 0.1) is 12.0 Å². The molecule has 0 saturated heterocycles. The van der Waals surface area contributed by atoms with Crippen molar-refractivity contribution < 1.29 is 4.79 Å². The predicted molar refractivity (Wildman–Crippen MR) is 108 cm³/mol. The van der Waals surface area contributed by atoms with Crippen molar-refractivity contribution in [2.75, 3.05) is 5.32 Å². The lowest BCUT2D eigenvalue weighted by Crippen LogP contribution is -2.40. The normalized spacial score (nSPS) is 23.4. The minimum atomic E-state index is -0.299. The molecule has 0 saturated carbocycles. The Hall–Kier alpha value is -2.92. The van der Waals surface area contributed by atoms with Gasteiger partial charge in [-0.05, 0) is 30.2 Å². The zero-order chi connectivity index (χ0) is 19.3. The van der Waals surface area contributed by atoms with Crippen molar-refractivity contribution in [2.24, 2.45) is 5.92 Å². The number of hydrogen-bond donors (Lipinski definition) is 1. The molecule has 3 aromatic rings. The maximum absolute atomic E-state index is 13.3. The number of aryl methyl sites for hydroxylation is 1. The Morgan fingerprint density at radius 1 is 1.14 bits per heavy atom. The first kappa shape index (κ1) is 17.2. The monoisotopic (exact) mass is 390 g/mol. The molecule has 2 aromatic carbocycles. The molecule has 1 aliphatic heterocycles. The highest BCUT2D eigenvalue weighted by Gasteiger charge is 2.43. The summed E-state index contributed by atoms with van der Waals surface area (Å²) in [5.41, 5.74) is 4.19. The van der Waals surface area contributed by atoms with Crippen LogP contribution in [0.2, 0.25) is 5.02 Å². The molecule has 0 bridgehead atoms. The van der Waals surface area contributed by atoms with Crippen molar-refractivity contribution >= 4 is 23.3 Å². The number of halogens is 1. The Kier molecular flexibility index (Phi) is 4.05. The molecule has 2 heterocycles. The van der Waals surface area contributed by atoms with Crippen molar-refractivity contribution in [3.05, 3.63) is 88.3 Å². The van der Waals surface area contributed by atoms with Gasteiger partial charge in [-0.2, -0.15) is 10.1 Å². The van der Waals surface area contributed by atoms with E-state index in [-0.39, 0.29) is 23.7 Å². The number of fused-ring (bicyclic) bond motifs is 2. The second kappa shape index (κ2) is 6.60. The third-order valence-corrected chi connectivity index (χ3v) is 5.82. The summed E-state index contributed by atoms with van der Waals surface area (Å²) in [7, 11) is 0. The van der Waals surface area contributed by atoms with E-state index < -0.39 is 0 Å². The summed E-state index contributed by atoms with van der Waals surface area (Å²) in [5, 5.41) is 8.41. The van der Waals surface area contributed by atoms with E-state index in [1.165, 1.54) is 11.9 Å².